The second-order valence-electron chi connectivity index (χ2n) is 3.41. The van der Waals surface area contributed by atoms with E-state index in [1.165, 1.54) is 12.5 Å². The molecule has 0 radical (unpaired) electrons. The van der Waals surface area contributed by atoms with Gasteiger partial charge in [0, 0.05) is 6.20 Å². The van der Waals surface area contributed by atoms with Crippen LogP contribution in [-0.2, 0) is 0 Å². The van der Waals surface area contributed by atoms with Crippen LogP contribution in [0.4, 0.5) is 10.8 Å². The fourth-order valence-electron chi connectivity index (χ4n) is 1.32. The molecular formula is C11H12N4O2. The van der Waals surface area contributed by atoms with Gasteiger partial charge in [-0.15, -0.1) is 0 Å². The molecule has 88 valence electrons. The van der Waals surface area contributed by atoms with Crippen LogP contribution in [0.15, 0.2) is 41.3 Å². The zero-order chi connectivity index (χ0) is 12.1. The van der Waals surface area contributed by atoms with Crippen molar-refractivity contribution in [3.63, 3.8) is 0 Å². The molecule has 2 amide bonds. The largest absolute Gasteiger partial charge is 0.432 e. The Hall–Kier alpha value is -2.37. The molecule has 2 N–H and O–H groups in total. The molecule has 0 bridgehead atoms. The van der Waals surface area contributed by atoms with E-state index in [9.17, 15) is 4.79 Å². The Morgan fingerprint density at radius 3 is 2.88 bits per heavy atom. The average Bonchev–Trinajstić information content (AvgIpc) is 2.82. The Kier molecular flexibility index (Phi) is 3.34. The van der Waals surface area contributed by atoms with E-state index >= 15 is 0 Å². The first-order valence-electron chi connectivity index (χ1n) is 5.13. The van der Waals surface area contributed by atoms with Crippen molar-refractivity contribution >= 4 is 12.0 Å². The van der Waals surface area contributed by atoms with Crippen LogP contribution in [0.1, 0.15) is 18.7 Å². The number of hydrogen-bond acceptors (Lipinski definition) is 4. The van der Waals surface area contributed by atoms with Crippen LogP contribution in [0.3, 0.4) is 0 Å². The van der Waals surface area contributed by atoms with Gasteiger partial charge in [0.1, 0.15) is 6.26 Å². The van der Waals surface area contributed by atoms with Crippen LogP contribution in [0.25, 0.3) is 0 Å². The van der Waals surface area contributed by atoms with Crippen molar-refractivity contribution in [1.29, 1.82) is 0 Å². The third-order valence-electron chi connectivity index (χ3n) is 2.13. The molecule has 6 nitrogen and oxygen atoms in total. The molecule has 0 saturated heterocycles. The van der Waals surface area contributed by atoms with Gasteiger partial charge < -0.3 is 9.73 Å². The second-order valence-corrected chi connectivity index (χ2v) is 3.41. The van der Waals surface area contributed by atoms with Gasteiger partial charge in [0.2, 0.25) is 0 Å². The van der Waals surface area contributed by atoms with Gasteiger partial charge >= 0.3 is 12.0 Å². The minimum absolute atomic E-state index is 0.163. The Bertz CT molecular complexity index is 469. The molecule has 17 heavy (non-hydrogen) atoms. The summed E-state index contributed by atoms with van der Waals surface area (Å²) in [6.45, 7) is 1.84. The number of aromatic nitrogens is 2. The lowest BCUT2D eigenvalue weighted by Gasteiger charge is -2.12. The molecule has 0 spiro atoms. The van der Waals surface area contributed by atoms with Crippen LogP contribution < -0.4 is 10.6 Å². The number of carbonyl (C=O) groups is 1. The summed E-state index contributed by atoms with van der Waals surface area (Å²) in [7, 11) is 0. The van der Waals surface area contributed by atoms with Crippen LogP contribution in [0.5, 0.6) is 0 Å². The van der Waals surface area contributed by atoms with Crippen molar-refractivity contribution < 1.29 is 9.21 Å². The molecule has 0 saturated carbocycles. The average molecular weight is 232 g/mol. The highest BCUT2D eigenvalue weighted by atomic mass is 16.4. The van der Waals surface area contributed by atoms with E-state index in [1.807, 2.05) is 25.1 Å². The van der Waals surface area contributed by atoms with Gasteiger partial charge in [0.25, 0.3) is 0 Å². The molecule has 2 aromatic heterocycles. The number of nitrogens with zero attached hydrogens (tertiary/aromatic N) is 2. The minimum Gasteiger partial charge on any atom is -0.432 e. The van der Waals surface area contributed by atoms with Crippen molar-refractivity contribution in [1.82, 2.24) is 15.3 Å². The maximum absolute atomic E-state index is 11.5. The fraction of sp³-hybridized carbons (Fsp3) is 0.182. The third-order valence-corrected chi connectivity index (χ3v) is 2.13. The van der Waals surface area contributed by atoms with Crippen LogP contribution in [-0.4, -0.2) is 16.0 Å². The van der Waals surface area contributed by atoms with Crippen molar-refractivity contribution in [2.75, 3.05) is 5.32 Å². The summed E-state index contributed by atoms with van der Waals surface area (Å²) < 4.78 is 4.89. The molecule has 1 atom stereocenters. The van der Waals surface area contributed by atoms with Crippen LogP contribution in [0.2, 0.25) is 0 Å². The van der Waals surface area contributed by atoms with E-state index in [1.54, 1.807) is 6.20 Å². The highest BCUT2D eigenvalue weighted by Crippen LogP contribution is 2.08. The molecule has 0 aliphatic rings. The molecule has 0 aliphatic heterocycles. The summed E-state index contributed by atoms with van der Waals surface area (Å²) in [6.07, 6.45) is 4.52. The lowest BCUT2D eigenvalue weighted by Crippen LogP contribution is -2.31. The number of amides is 2. The first-order valence-corrected chi connectivity index (χ1v) is 5.13. The van der Waals surface area contributed by atoms with E-state index in [2.05, 4.69) is 20.6 Å². The summed E-state index contributed by atoms with van der Waals surface area (Å²) in [5, 5.41) is 5.19. The van der Waals surface area contributed by atoms with Gasteiger partial charge in [-0.1, -0.05) is 6.07 Å². The van der Waals surface area contributed by atoms with Gasteiger partial charge in [0.05, 0.1) is 17.9 Å². The van der Waals surface area contributed by atoms with E-state index < -0.39 is 0 Å². The highest BCUT2D eigenvalue weighted by Gasteiger charge is 2.11. The summed E-state index contributed by atoms with van der Waals surface area (Å²) in [5.74, 6) is 0. The molecule has 0 unspecified atom stereocenters. The topological polar surface area (TPSA) is 80.0 Å². The number of rotatable bonds is 3. The lowest BCUT2D eigenvalue weighted by molar-refractivity contribution is 0.248. The van der Waals surface area contributed by atoms with Crippen molar-refractivity contribution in [2.45, 2.75) is 13.0 Å². The summed E-state index contributed by atoms with van der Waals surface area (Å²) in [5.41, 5.74) is 0.787. The van der Waals surface area contributed by atoms with E-state index in [0.29, 0.717) is 0 Å². The number of urea groups is 1. The quantitative estimate of drug-likeness (QED) is 0.847. The maximum Gasteiger partial charge on any atom is 0.323 e. The van der Waals surface area contributed by atoms with Gasteiger partial charge in [-0.05, 0) is 19.1 Å². The molecule has 0 aromatic carbocycles. The Labute approximate surface area is 98.1 Å². The SMILES string of the molecule is C[C@@H](NC(=O)Nc1ncco1)c1ccccn1. The molecular weight excluding hydrogens is 220 g/mol. The van der Waals surface area contributed by atoms with Crippen molar-refractivity contribution in [3.8, 4) is 0 Å². The molecule has 6 heteroatoms. The fourth-order valence-corrected chi connectivity index (χ4v) is 1.32. The molecule has 2 rings (SSSR count). The van der Waals surface area contributed by atoms with Gasteiger partial charge in [-0.3, -0.25) is 10.3 Å². The number of anilines is 1. The first kappa shape index (κ1) is 11.1. The zero-order valence-electron chi connectivity index (χ0n) is 9.25. The first-order chi connectivity index (χ1) is 8.25. The maximum atomic E-state index is 11.5. The Morgan fingerprint density at radius 2 is 2.24 bits per heavy atom. The zero-order valence-corrected chi connectivity index (χ0v) is 9.25. The van der Waals surface area contributed by atoms with E-state index in [0.717, 1.165) is 5.69 Å². The molecule has 0 fully saturated rings. The van der Waals surface area contributed by atoms with Crippen LogP contribution >= 0.6 is 0 Å². The van der Waals surface area contributed by atoms with E-state index in [-0.39, 0.29) is 18.1 Å². The summed E-state index contributed by atoms with van der Waals surface area (Å²) >= 11 is 0. The number of carbonyl (C=O) groups excluding carboxylic acids is 1. The normalized spacial score (nSPS) is 11.8. The molecule has 2 aromatic rings. The smallest absolute Gasteiger partial charge is 0.323 e. The van der Waals surface area contributed by atoms with Gasteiger partial charge in [-0.25, -0.2) is 9.78 Å². The summed E-state index contributed by atoms with van der Waals surface area (Å²) in [6, 6.07) is 5.12. The number of nitrogens with one attached hydrogen (secondary N) is 2. The predicted molar refractivity (Wildman–Crippen MR) is 61.3 cm³/mol. The standard InChI is InChI=1S/C11H12N4O2/c1-8(9-4-2-3-5-12-9)14-10(16)15-11-13-6-7-17-11/h2-8H,1H3,(H2,13,14,15,16)/t8-/m1/s1. The number of hydrogen-bond donors (Lipinski definition) is 2. The van der Waals surface area contributed by atoms with Crippen molar-refractivity contribution in [3.05, 3.63) is 42.5 Å². The lowest BCUT2D eigenvalue weighted by atomic mass is 10.2. The predicted octanol–water partition coefficient (Wildman–Crippen LogP) is 1.95. The molecule has 0 aliphatic carbocycles. The van der Waals surface area contributed by atoms with Crippen molar-refractivity contribution in [2.24, 2.45) is 0 Å². The van der Waals surface area contributed by atoms with Crippen LogP contribution in [0, 0.1) is 0 Å². The minimum atomic E-state index is -0.384. The summed E-state index contributed by atoms with van der Waals surface area (Å²) in [4.78, 5) is 19.5. The third kappa shape index (κ3) is 3.04. The van der Waals surface area contributed by atoms with E-state index in [4.69, 9.17) is 4.42 Å². The van der Waals surface area contributed by atoms with Gasteiger partial charge in [0.15, 0.2) is 0 Å². The van der Waals surface area contributed by atoms with Gasteiger partial charge in [-0.2, -0.15) is 0 Å². The monoisotopic (exact) mass is 232 g/mol. The number of pyridine rings is 1. The number of oxazole rings is 1. The Balaban J connectivity index is 1.91. The molecule has 2 heterocycles. The highest BCUT2D eigenvalue weighted by molar-refractivity contribution is 5.87. The Morgan fingerprint density at radius 1 is 1.35 bits per heavy atom. The second kappa shape index (κ2) is 5.11.